The first-order valence-corrected chi connectivity index (χ1v) is 15.5. The van der Waals surface area contributed by atoms with Gasteiger partial charge in [-0.1, -0.05) is 27.7 Å². The number of β-amino-alcohol motifs (C(OH)–C–C–N with tert-alkyl or cyclic N) is 2. The molecule has 6 amide bonds. The minimum atomic E-state index is -1.27. The molecule has 2 unspecified atom stereocenters. The Morgan fingerprint density at radius 2 is 0.902 bits per heavy atom. The summed E-state index contributed by atoms with van der Waals surface area (Å²) in [6.45, 7) is 18.7. The number of urea groups is 2. The van der Waals surface area contributed by atoms with Crippen LogP contribution in [-0.2, 0) is 9.59 Å². The van der Waals surface area contributed by atoms with Crippen LogP contribution in [0.3, 0.4) is 0 Å². The summed E-state index contributed by atoms with van der Waals surface area (Å²) in [4.78, 5) is 60.9. The second kappa shape index (κ2) is 14.8. The molecule has 0 radical (unpaired) electrons. The second-order valence-electron chi connectivity index (χ2n) is 12.7. The van der Waals surface area contributed by atoms with Crippen LogP contribution >= 0.6 is 0 Å². The number of nitrogens with one attached hydrogen (secondary N) is 2. The maximum atomic E-state index is 13.5. The van der Waals surface area contributed by atoms with Gasteiger partial charge in [0.15, 0.2) is 0 Å². The highest BCUT2D eigenvalue weighted by Crippen LogP contribution is 2.33. The van der Waals surface area contributed by atoms with E-state index in [-0.39, 0.29) is 19.8 Å². The Balaban J connectivity index is 2.16. The number of amides is 6. The van der Waals surface area contributed by atoms with E-state index in [1.807, 2.05) is 0 Å². The maximum Gasteiger partial charge on any atom is 0.329 e. The lowest BCUT2D eigenvalue weighted by atomic mass is 10.0. The number of imide groups is 2. The van der Waals surface area contributed by atoms with Gasteiger partial charge in [0, 0.05) is 0 Å². The number of nitrogens with zero attached hydrogens (tertiary/aromatic N) is 4. The second-order valence-corrected chi connectivity index (χ2v) is 12.7. The molecule has 236 valence electrons. The van der Waals surface area contributed by atoms with E-state index >= 15 is 0 Å². The predicted molar refractivity (Wildman–Crippen MR) is 155 cm³/mol. The molecule has 4 N–H and O–H groups in total. The first-order valence-electron chi connectivity index (χ1n) is 15.5. The van der Waals surface area contributed by atoms with E-state index in [1.54, 1.807) is 27.7 Å². The number of aliphatic hydroxyl groups excluding tert-OH is 2. The molecular formula is C29H56N6O6+2. The molecule has 12 heteroatoms. The molecule has 12 nitrogen and oxygen atoms in total. The van der Waals surface area contributed by atoms with E-state index in [4.69, 9.17) is 0 Å². The Morgan fingerprint density at radius 1 is 0.610 bits per heavy atom. The van der Waals surface area contributed by atoms with E-state index in [0.717, 1.165) is 61.7 Å². The van der Waals surface area contributed by atoms with Crippen molar-refractivity contribution in [3.8, 4) is 0 Å². The van der Waals surface area contributed by atoms with Crippen LogP contribution in [0.15, 0.2) is 0 Å². The largest absolute Gasteiger partial charge is 0.385 e. The molecule has 0 aliphatic carbocycles. The fraction of sp³-hybridized carbons (Fsp3) is 0.862. The van der Waals surface area contributed by atoms with E-state index < -0.39 is 47.2 Å². The van der Waals surface area contributed by atoms with Gasteiger partial charge in [0.1, 0.15) is 43.0 Å². The van der Waals surface area contributed by atoms with Gasteiger partial charge in [0.25, 0.3) is 11.8 Å². The third-order valence-electron chi connectivity index (χ3n) is 8.34. The molecule has 2 fully saturated rings. The van der Waals surface area contributed by atoms with Crippen LogP contribution in [0.4, 0.5) is 9.59 Å². The molecule has 0 aromatic heterocycles. The van der Waals surface area contributed by atoms with Crippen LogP contribution < -0.4 is 9.80 Å². The van der Waals surface area contributed by atoms with Crippen LogP contribution in [0.25, 0.3) is 0 Å². The molecule has 2 atom stereocenters. The van der Waals surface area contributed by atoms with E-state index in [0.29, 0.717) is 13.1 Å². The molecule has 2 saturated heterocycles. The summed E-state index contributed by atoms with van der Waals surface area (Å²) in [5, 5.41) is 21.6. The molecule has 0 saturated carbocycles. The van der Waals surface area contributed by atoms with Crippen molar-refractivity contribution in [2.24, 2.45) is 0 Å². The van der Waals surface area contributed by atoms with Crippen LogP contribution in [-0.4, -0.2) is 136 Å². The Bertz CT molecular complexity index is 843. The Kier molecular flexibility index (Phi) is 12.6. The number of carbonyl (C=O) groups excluding carboxylic acids is 4. The Morgan fingerprint density at radius 3 is 1.17 bits per heavy atom. The number of rotatable bonds is 18. The van der Waals surface area contributed by atoms with Crippen molar-refractivity contribution in [2.75, 3.05) is 59.0 Å². The summed E-state index contributed by atoms with van der Waals surface area (Å²) < 4.78 is 0. The molecule has 0 aromatic rings. The van der Waals surface area contributed by atoms with Crippen molar-refractivity contribution >= 4 is 23.9 Å². The summed E-state index contributed by atoms with van der Waals surface area (Å²) in [6, 6.07) is -1.20. The fourth-order valence-electron chi connectivity index (χ4n) is 6.06. The van der Waals surface area contributed by atoms with Crippen molar-refractivity contribution in [3.05, 3.63) is 0 Å². The first kappa shape index (κ1) is 34.9. The lowest BCUT2D eigenvalue weighted by molar-refractivity contribution is -0.903. The van der Waals surface area contributed by atoms with Gasteiger partial charge in [-0.25, -0.2) is 9.59 Å². The summed E-state index contributed by atoms with van der Waals surface area (Å²) in [5.74, 6) is -0.904. The molecule has 2 heterocycles. The number of aliphatic hydroxyl groups is 2. The lowest BCUT2D eigenvalue weighted by Crippen LogP contribution is -3.13. The zero-order valence-corrected chi connectivity index (χ0v) is 26.7. The van der Waals surface area contributed by atoms with Crippen LogP contribution in [0, 0.1) is 0 Å². The standard InChI is InChI=1S/C29H54N6O6/c1-9-13-30(14-10-2)17-22(36)19-32-24(38)28(5,6)34(26(32)40)21-35-27(41)33(25(39)29(35,7)8)20-23(37)18-31(15-11-3)16-12-4/h22-23,36-37H,9-21H2,1-8H3/p+2. The number of hydrogen-bond acceptors (Lipinski definition) is 6. The maximum absolute atomic E-state index is 13.5. The number of quaternary nitrogens is 2. The molecule has 2 rings (SSSR count). The third-order valence-corrected chi connectivity index (χ3v) is 8.34. The topological polar surface area (TPSA) is 131 Å². The van der Waals surface area contributed by atoms with Gasteiger partial charge in [0.2, 0.25) is 0 Å². The van der Waals surface area contributed by atoms with Crippen molar-refractivity contribution < 1.29 is 39.2 Å². The first-order chi connectivity index (χ1) is 19.2. The highest BCUT2D eigenvalue weighted by molar-refractivity contribution is 6.08. The van der Waals surface area contributed by atoms with Gasteiger partial charge in [-0.15, -0.1) is 0 Å². The normalized spacial score (nSPS) is 20.4. The zero-order chi connectivity index (χ0) is 31.1. The van der Waals surface area contributed by atoms with E-state index in [2.05, 4.69) is 27.7 Å². The van der Waals surface area contributed by atoms with Crippen molar-refractivity contribution in [2.45, 2.75) is 104 Å². The van der Waals surface area contributed by atoms with E-state index in [1.165, 1.54) is 19.6 Å². The van der Waals surface area contributed by atoms with Gasteiger partial charge in [0.05, 0.1) is 39.3 Å². The Hall–Kier alpha value is -2.28. The van der Waals surface area contributed by atoms with Crippen molar-refractivity contribution in [1.29, 1.82) is 0 Å². The summed E-state index contributed by atoms with van der Waals surface area (Å²) >= 11 is 0. The van der Waals surface area contributed by atoms with Crippen LogP contribution in [0.2, 0.25) is 0 Å². The molecule has 0 aromatic carbocycles. The van der Waals surface area contributed by atoms with Crippen LogP contribution in [0.1, 0.15) is 81.1 Å². The minimum absolute atomic E-state index is 0.128. The van der Waals surface area contributed by atoms with Crippen molar-refractivity contribution in [1.82, 2.24) is 19.6 Å². The smallest absolute Gasteiger partial charge is 0.329 e. The average Bonchev–Trinajstić information content (AvgIpc) is 3.14. The zero-order valence-electron chi connectivity index (χ0n) is 26.7. The summed E-state index contributed by atoms with van der Waals surface area (Å²) in [7, 11) is 0. The monoisotopic (exact) mass is 584 g/mol. The highest BCUT2D eigenvalue weighted by Gasteiger charge is 2.57. The highest BCUT2D eigenvalue weighted by atomic mass is 16.3. The number of hydrogen-bond donors (Lipinski definition) is 4. The SMILES string of the molecule is CCC[NH+](CCC)CC(O)CN1C(=O)N(CN2C(=O)N(CC(O)C[NH+](CCC)CCC)C(=O)C2(C)C)C(C)(C)C1=O. The number of carbonyl (C=O) groups is 4. The average molecular weight is 585 g/mol. The van der Waals surface area contributed by atoms with Gasteiger partial charge in [-0.3, -0.25) is 29.2 Å². The van der Waals surface area contributed by atoms with Crippen molar-refractivity contribution in [3.63, 3.8) is 0 Å². The van der Waals surface area contributed by atoms with Gasteiger partial charge in [-0.2, -0.15) is 0 Å². The summed E-state index contributed by atoms with van der Waals surface area (Å²) in [6.07, 6.45) is 2.11. The third kappa shape index (κ3) is 7.97. The molecule has 0 spiro atoms. The molecule has 0 bridgehead atoms. The Labute approximate surface area is 246 Å². The van der Waals surface area contributed by atoms with Gasteiger partial charge < -0.3 is 20.0 Å². The quantitative estimate of drug-likeness (QED) is 0.156. The molecule has 2 aliphatic rings. The lowest BCUT2D eigenvalue weighted by Gasteiger charge is -2.36. The molecular weight excluding hydrogens is 528 g/mol. The van der Waals surface area contributed by atoms with Gasteiger partial charge >= 0.3 is 12.1 Å². The summed E-state index contributed by atoms with van der Waals surface area (Å²) in [5.41, 5.74) is -2.54. The molecule has 41 heavy (non-hydrogen) atoms. The van der Waals surface area contributed by atoms with Gasteiger partial charge in [-0.05, 0) is 53.4 Å². The van der Waals surface area contributed by atoms with Crippen LogP contribution in [0.5, 0.6) is 0 Å². The predicted octanol–water partition coefficient (Wildman–Crippen LogP) is -0.839. The van der Waals surface area contributed by atoms with E-state index in [9.17, 15) is 29.4 Å². The molecule has 2 aliphatic heterocycles. The minimum Gasteiger partial charge on any atom is -0.385 e. The fourth-order valence-corrected chi connectivity index (χ4v) is 6.06.